The van der Waals surface area contributed by atoms with Crippen LogP contribution in [0, 0.1) is 0 Å². The maximum atomic E-state index is 12.4. The van der Waals surface area contributed by atoms with E-state index in [-0.39, 0.29) is 39.4 Å². The molecule has 1 aliphatic carbocycles. The summed E-state index contributed by atoms with van der Waals surface area (Å²) in [6.07, 6.45) is 1.67. The Morgan fingerprint density at radius 1 is 0.957 bits per heavy atom. The molecule has 6 nitrogen and oxygen atoms in total. The SMILES string of the molecule is CC(C)OCl.O=C1C=C(N2CC2)C(=O)C(N2CC2)=C1N1CC1.[Ti]. The fourth-order valence-electron chi connectivity index (χ4n) is 2.28. The quantitative estimate of drug-likeness (QED) is 0.412. The minimum atomic E-state index is 0. The zero-order valence-corrected chi connectivity index (χ0v) is 15.7. The molecule has 0 amide bonds. The number of rotatable bonds is 4. The number of halogens is 1. The maximum absolute atomic E-state index is 12.4. The van der Waals surface area contributed by atoms with Crippen molar-refractivity contribution in [3.05, 3.63) is 23.2 Å². The molecule has 4 rings (SSSR count). The van der Waals surface area contributed by atoms with E-state index in [0.717, 1.165) is 39.3 Å². The van der Waals surface area contributed by atoms with Crippen molar-refractivity contribution in [1.29, 1.82) is 0 Å². The van der Waals surface area contributed by atoms with E-state index in [1.807, 2.05) is 28.5 Å². The summed E-state index contributed by atoms with van der Waals surface area (Å²) in [5.74, 6) is 0.0485. The Kier molecular flexibility index (Phi) is 5.95. The van der Waals surface area contributed by atoms with E-state index in [1.54, 1.807) is 0 Å². The molecule has 4 aliphatic rings. The fourth-order valence-corrected chi connectivity index (χ4v) is 2.28. The van der Waals surface area contributed by atoms with E-state index in [0.29, 0.717) is 17.1 Å². The maximum Gasteiger partial charge on any atom is 0.227 e. The van der Waals surface area contributed by atoms with E-state index in [2.05, 4.69) is 4.29 Å². The van der Waals surface area contributed by atoms with Crippen molar-refractivity contribution in [1.82, 2.24) is 14.7 Å². The van der Waals surface area contributed by atoms with E-state index >= 15 is 0 Å². The summed E-state index contributed by atoms with van der Waals surface area (Å²) in [5, 5.41) is 0. The second-order valence-corrected chi connectivity index (χ2v) is 6.20. The van der Waals surface area contributed by atoms with E-state index in [9.17, 15) is 9.59 Å². The van der Waals surface area contributed by atoms with Gasteiger partial charge in [-0.25, -0.2) is 0 Å². The standard InChI is InChI=1S/C12H13N3O2.C3H7ClO.Ti/c16-9-7-8(13-1-2-13)12(17)11(15-5-6-15)10(9)14-3-4-14;1-3(2)5-4;/h7H,1-6H2;3H,1-2H3;. The number of hydrogen-bond acceptors (Lipinski definition) is 6. The molecule has 0 radical (unpaired) electrons. The van der Waals surface area contributed by atoms with Gasteiger partial charge in [0.05, 0.1) is 23.7 Å². The molecular weight excluding hydrogens is 354 g/mol. The molecule has 0 saturated carbocycles. The normalized spacial score (nSPS) is 21.7. The number of nitrogens with zero attached hydrogens (tertiary/aromatic N) is 3. The first-order valence-corrected chi connectivity index (χ1v) is 7.91. The molecule has 0 spiro atoms. The largest absolute Gasteiger partial charge is 0.365 e. The summed E-state index contributed by atoms with van der Waals surface area (Å²) in [6, 6.07) is 0. The van der Waals surface area contributed by atoms with Crippen LogP contribution in [-0.4, -0.2) is 71.6 Å². The van der Waals surface area contributed by atoms with Crippen LogP contribution in [0.15, 0.2) is 23.2 Å². The predicted octanol–water partition coefficient (Wildman–Crippen LogP) is 0.743. The number of hydrogen-bond donors (Lipinski definition) is 0. The van der Waals surface area contributed by atoms with Crippen LogP contribution in [0.4, 0.5) is 0 Å². The van der Waals surface area contributed by atoms with Crippen LogP contribution in [0.25, 0.3) is 0 Å². The van der Waals surface area contributed by atoms with Gasteiger partial charge in [-0.1, -0.05) is 0 Å². The zero-order chi connectivity index (χ0) is 15.9. The van der Waals surface area contributed by atoms with Crippen LogP contribution in [0.2, 0.25) is 0 Å². The minimum absolute atomic E-state index is 0. The molecule has 0 unspecified atom stereocenters. The van der Waals surface area contributed by atoms with E-state index in [4.69, 9.17) is 11.9 Å². The molecule has 3 heterocycles. The van der Waals surface area contributed by atoms with Crippen molar-refractivity contribution in [2.45, 2.75) is 20.0 Å². The van der Waals surface area contributed by atoms with Crippen LogP contribution >= 0.6 is 11.9 Å². The molecular formula is C15H20ClN3O3Ti. The topological polar surface area (TPSA) is 52.4 Å². The number of carbonyl (C=O) groups excluding carboxylic acids is 2. The van der Waals surface area contributed by atoms with Crippen LogP contribution in [0.5, 0.6) is 0 Å². The summed E-state index contributed by atoms with van der Waals surface area (Å²) in [4.78, 5) is 30.5. The molecule has 0 bridgehead atoms. The Hall–Kier alpha value is -0.816. The Morgan fingerprint density at radius 2 is 1.39 bits per heavy atom. The van der Waals surface area contributed by atoms with Crippen LogP contribution in [0.3, 0.4) is 0 Å². The van der Waals surface area contributed by atoms with Gasteiger partial charge in [0, 0.05) is 67.1 Å². The number of carbonyl (C=O) groups is 2. The van der Waals surface area contributed by atoms with E-state index < -0.39 is 0 Å². The Balaban J connectivity index is 0.000000284. The first-order valence-electron chi connectivity index (χ1n) is 7.60. The monoisotopic (exact) mass is 373 g/mol. The van der Waals surface area contributed by atoms with Crippen molar-refractivity contribution in [2.24, 2.45) is 0 Å². The second kappa shape index (κ2) is 7.39. The van der Waals surface area contributed by atoms with Crippen molar-refractivity contribution in [2.75, 3.05) is 39.3 Å². The first kappa shape index (κ1) is 18.5. The third-order valence-corrected chi connectivity index (χ3v) is 4.02. The van der Waals surface area contributed by atoms with Gasteiger partial charge >= 0.3 is 0 Å². The molecule has 0 aromatic heterocycles. The molecule has 8 heteroatoms. The van der Waals surface area contributed by atoms with Crippen molar-refractivity contribution >= 4 is 23.4 Å². The zero-order valence-electron chi connectivity index (χ0n) is 13.3. The third-order valence-electron chi connectivity index (χ3n) is 3.67. The van der Waals surface area contributed by atoms with Crippen LogP contribution in [-0.2, 0) is 35.6 Å². The van der Waals surface area contributed by atoms with Gasteiger partial charge in [0.25, 0.3) is 0 Å². The first-order chi connectivity index (χ1) is 10.5. The van der Waals surface area contributed by atoms with Gasteiger partial charge in [0.2, 0.25) is 11.6 Å². The summed E-state index contributed by atoms with van der Waals surface area (Å²) in [6.45, 7) is 9.14. The second-order valence-electron chi connectivity index (χ2n) is 6.02. The van der Waals surface area contributed by atoms with Crippen molar-refractivity contribution < 1.29 is 35.6 Å². The van der Waals surface area contributed by atoms with Gasteiger partial charge < -0.3 is 14.7 Å². The Bertz CT molecular complexity index is 564. The molecule has 124 valence electrons. The Labute approximate surface area is 156 Å². The van der Waals surface area contributed by atoms with Gasteiger partial charge in [-0.2, -0.15) is 0 Å². The van der Waals surface area contributed by atoms with Gasteiger partial charge in [0.15, 0.2) is 0 Å². The minimum Gasteiger partial charge on any atom is -0.365 e. The van der Waals surface area contributed by atoms with Crippen molar-refractivity contribution in [3.63, 3.8) is 0 Å². The molecule has 0 N–H and O–H groups in total. The van der Waals surface area contributed by atoms with Crippen LogP contribution in [0.1, 0.15) is 13.8 Å². The number of ketones is 2. The molecule has 0 aromatic rings. The number of Topliss-reactive ketones (excluding diaryl/α,β-unsaturated/α-hetero) is 1. The molecule has 3 fully saturated rings. The smallest absolute Gasteiger partial charge is 0.227 e. The van der Waals surface area contributed by atoms with Gasteiger partial charge in [-0.15, -0.1) is 0 Å². The molecule has 0 aromatic carbocycles. The Morgan fingerprint density at radius 3 is 1.78 bits per heavy atom. The average Bonchev–Trinajstić information content (AvgIpc) is 3.34. The fraction of sp³-hybridized carbons (Fsp3) is 0.600. The molecule has 23 heavy (non-hydrogen) atoms. The average molecular weight is 374 g/mol. The van der Waals surface area contributed by atoms with Gasteiger partial charge in [0.1, 0.15) is 11.4 Å². The van der Waals surface area contributed by atoms with Gasteiger partial charge in [-0.05, 0) is 13.8 Å². The molecule has 0 atom stereocenters. The summed E-state index contributed by atoms with van der Waals surface area (Å²) < 4.78 is 4.22. The summed E-state index contributed by atoms with van der Waals surface area (Å²) >= 11 is 4.84. The summed E-state index contributed by atoms with van der Waals surface area (Å²) in [7, 11) is 0. The van der Waals surface area contributed by atoms with Crippen LogP contribution < -0.4 is 0 Å². The summed E-state index contributed by atoms with van der Waals surface area (Å²) in [5.41, 5.74) is 1.89. The predicted molar refractivity (Wildman–Crippen MR) is 81.9 cm³/mol. The molecule has 3 aliphatic heterocycles. The van der Waals surface area contributed by atoms with Crippen molar-refractivity contribution in [3.8, 4) is 0 Å². The number of allylic oxidation sites excluding steroid dienone is 1. The van der Waals surface area contributed by atoms with Gasteiger partial charge in [-0.3, -0.25) is 13.9 Å². The molecule has 3 saturated heterocycles. The third kappa shape index (κ3) is 4.38. The van der Waals surface area contributed by atoms with E-state index in [1.165, 1.54) is 6.08 Å².